The van der Waals surface area contributed by atoms with Crippen molar-refractivity contribution in [3.8, 4) is 0 Å². The van der Waals surface area contributed by atoms with Crippen LogP contribution >= 0.6 is 11.3 Å². The lowest BCUT2D eigenvalue weighted by Crippen LogP contribution is -2.08. The Balaban J connectivity index is 2.27. The third-order valence-electron chi connectivity index (χ3n) is 2.87. The summed E-state index contributed by atoms with van der Waals surface area (Å²) >= 11 is 1.63. The Hall–Kier alpha value is -1.19. The van der Waals surface area contributed by atoms with Crippen molar-refractivity contribution >= 4 is 21.4 Å². The quantitative estimate of drug-likeness (QED) is 0.799. The highest BCUT2D eigenvalue weighted by Gasteiger charge is 2.11. The highest BCUT2D eigenvalue weighted by atomic mass is 32.1. The topological polar surface area (TPSA) is 26.0 Å². The molecule has 0 saturated heterocycles. The van der Waals surface area contributed by atoms with Crippen LogP contribution in [0.1, 0.15) is 30.7 Å². The SMILES string of the molecule is C=C(CC)CC(N)c1cc2cc(F)ccc2s1. The summed E-state index contributed by atoms with van der Waals surface area (Å²) in [5, 5.41) is 0.933. The minimum absolute atomic E-state index is 0.0251. The molecule has 0 aliphatic heterocycles. The van der Waals surface area contributed by atoms with E-state index in [0.717, 1.165) is 33.4 Å². The molecule has 0 radical (unpaired) electrons. The fraction of sp³-hybridized carbons (Fsp3) is 0.286. The molecule has 0 aliphatic carbocycles. The Bertz CT molecular complexity index is 544. The number of halogens is 1. The molecule has 0 fully saturated rings. The summed E-state index contributed by atoms with van der Waals surface area (Å²) in [4.78, 5) is 1.10. The Morgan fingerprint density at radius 2 is 2.24 bits per heavy atom. The molecule has 17 heavy (non-hydrogen) atoms. The average molecular weight is 249 g/mol. The molecular weight excluding hydrogens is 233 g/mol. The molecular formula is C14H16FNS. The average Bonchev–Trinajstić information content (AvgIpc) is 2.71. The number of rotatable bonds is 4. The van der Waals surface area contributed by atoms with Crippen LogP contribution in [0, 0.1) is 5.82 Å². The Kier molecular flexibility index (Phi) is 3.60. The molecule has 3 heteroatoms. The van der Waals surface area contributed by atoms with Crippen LogP contribution in [-0.4, -0.2) is 0 Å². The first-order chi connectivity index (χ1) is 8.10. The maximum absolute atomic E-state index is 13.1. The molecule has 1 aromatic heterocycles. The molecule has 2 N–H and O–H groups in total. The number of benzene rings is 1. The summed E-state index contributed by atoms with van der Waals surface area (Å²) in [6.45, 7) is 6.05. The number of hydrogen-bond donors (Lipinski definition) is 1. The van der Waals surface area contributed by atoms with Crippen LogP contribution in [0.15, 0.2) is 36.4 Å². The Morgan fingerprint density at radius 1 is 1.47 bits per heavy atom. The van der Waals surface area contributed by atoms with E-state index < -0.39 is 0 Å². The van der Waals surface area contributed by atoms with Crippen LogP contribution in [0.5, 0.6) is 0 Å². The molecule has 1 unspecified atom stereocenters. The lowest BCUT2D eigenvalue weighted by Gasteiger charge is -2.09. The van der Waals surface area contributed by atoms with Crippen LogP contribution in [0.2, 0.25) is 0 Å². The number of nitrogens with two attached hydrogens (primary N) is 1. The van der Waals surface area contributed by atoms with E-state index in [2.05, 4.69) is 13.5 Å². The van der Waals surface area contributed by atoms with Gasteiger partial charge in [-0.1, -0.05) is 19.1 Å². The second-order valence-electron chi connectivity index (χ2n) is 4.25. The predicted molar refractivity (Wildman–Crippen MR) is 72.8 cm³/mol. The van der Waals surface area contributed by atoms with E-state index in [0.29, 0.717) is 0 Å². The van der Waals surface area contributed by atoms with Gasteiger partial charge in [-0.2, -0.15) is 0 Å². The van der Waals surface area contributed by atoms with Crippen molar-refractivity contribution in [2.75, 3.05) is 0 Å². The fourth-order valence-corrected chi connectivity index (χ4v) is 2.82. The van der Waals surface area contributed by atoms with Gasteiger partial charge in [0.05, 0.1) is 0 Å². The van der Waals surface area contributed by atoms with E-state index in [1.807, 2.05) is 6.07 Å². The van der Waals surface area contributed by atoms with Gasteiger partial charge in [0.2, 0.25) is 0 Å². The first-order valence-corrected chi connectivity index (χ1v) is 6.53. The van der Waals surface area contributed by atoms with E-state index in [9.17, 15) is 4.39 Å². The third-order valence-corrected chi connectivity index (χ3v) is 4.12. The normalized spacial score (nSPS) is 12.9. The molecule has 0 spiro atoms. The number of thiophene rings is 1. The lowest BCUT2D eigenvalue weighted by molar-refractivity contribution is 0.630. The molecule has 1 atom stereocenters. The maximum atomic E-state index is 13.1. The Labute approximate surface area is 105 Å². The van der Waals surface area contributed by atoms with Gasteiger partial charge in [0, 0.05) is 15.6 Å². The molecule has 2 aromatic rings. The van der Waals surface area contributed by atoms with Crippen LogP contribution in [0.3, 0.4) is 0 Å². The molecule has 0 aliphatic rings. The predicted octanol–water partition coefficient (Wildman–Crippen LogP) is 4.40. The summed E-state index contributed by atoms with van der Waals surface area (Å²) in [5.41, 5.74) is 7.28. The largest absolute Gasteiger partial charge is 0.323 e. The van der Waals surface area contributed by atoms with Crippen molar-refractivity contribution in [2.45, 2.75) is 25.8 Å². The van der Waals surface area contributed by atoms with Gasteiger partial charge in [-0.25, -0.2) is 4.39 Å². The van der Waals surface area contributed by atoms with E-state index in [4.69, 9.17) is 5.73 Å². The van der Waals surface area contributed by atoms with Gasteiger partial charge in [-0.3, -0.25) is 0 Å². The van der Waals surface area contributed by atoms with E-state index >= 15 is 0 Å². The van der Waals surface area contributed by atoms with Gasteiger partial charge in [0.15, 0.2) is 0 Å². The first kappa shape index (κ1) is 12.3. The minimum Gasteiger partial charge on any atom is -0.323 e. The summed E-state index contributed by atoms with van der Waals surface area (Å²) < 4.78 is 14.2. The van der Waals surface area contributed by atoms with Gasteiger partial charge < -0.3 is 5.73 Å². The molecule has 0 saturated carbocycles. The van der Waals surface area contributed by atoms with Crippen LogP contribution in [0.4, 0.5) is 4.39 Å². The standard InChI is InChI=1S/C14H16FNS/c1-3-9(2)6-12(16)14-8-10-7-11(15)4-5-13(10)17-14/h4-5,7-8,12H,2-3,6,16H2,1H3. The first-order valence-electron chi connectivity index (χ1n) is 5.71. The van der Waals surface area contributed by atoms with Crippen molar-refractivity contribution in [1.82, 2.24) is 0 Å². The molecule has 1 aromatic carbocycles. The molecule has 90 valence electrons. The number of hydrogen-bond acceptors (Lipinski definition) is 2. The van der Waals surface area contributed by atoms with Crippen LogP contribution in [-0.2, 0) is 0 Å². The third kappa shape index (κ3) is 2.73. The lowest BCUT2D eigenvalue weighted by atomic mass is 10.0. The highest BCUT2D eigenvalue weighted by Crippen LogP contribution is 2.32. The van der Waals surface area contributed by atoms with Gasteiger partial charge in [-0.05, 0) is 42.5 Å². The van der Waals surface area contributed by atoms with Crippen LogP contribution in [0.25, 0.3) is 10.1 Å². The van der Waals surface area contributed by atoms with Gasteiger partial charge in [-0.15, -0.1) is 11.3 Å². The van der Waals surface area contributed by atoms with Crippen molar-refractivity contribution in [3.05, 3.63) is 47.1 Å². The van der Waals surface area contributed by atoms with Crippen LogP contribution < -0.4 is 5.73 Å². The van der Waals surface area contributed by atoms with Gasteiger partial charge >= 0.3 is 0 Å². The monoisotopic (exact) mass is 249 g/mol. The number of fused-ring (bicyclic) bond motifs is 1. The zero-order valence-electron chi connectivity index (χ0n) is 9.87. The highest BCUT2D eigenvalue weighted by molar-refractivity contribution is 7.19. The van der Waals surface area contributed by atoms with Crippen molar-refractivity contribution in [2.24, 2.45) is 5.73 Å². The molecule has 0 amide bonds. The van der Waals surface area contributed by atoms with E-state index in [1.54, 1.807) is 23.5 Å². The summed E-state index contributed by atoms with van der Waals surface area (Å²) in [6, 6.07) is 6.80. The van der Waals surface area contributed by atoms with Crippen molar-refractivity contribution < 1.29 is 4.39 Å². The fourth-order valence-electron chi connectivity index (χ4n) is 1.77. The zero-order chi connectivity index (χ0) is 12.4. The molecule has 1 nitrogen and oxygen atoms in total. The van der Waals surface area contributed by atoms with Gasteiger partial charge in [0.1, 0.15) is 5.82 Å². The van der Waals surface area contributed by atoms with E-state index in [1.165, 1.54) is 6.07 Å². The Morgan fingerprint density at radius 3 is 2.94 bits per heavy atom. The second kappa shape index (κ2) is 4.98. The minimum atomic E-state index is -0.201. The van der Waals surface area contributed by atoms with E-state index in [-0.39, 0.29) is 11.9 Å². The molecule has 1 heterocycles. The summed E-state index contributed by atoms with van der Waals surface area (Å²) in [7, 11) is 0. The maximum Gasteiger partial charge on any atom is 0.123 e. The second-order valence-corrected chi connectivity index (χ2v) is 5.36. The zero-order valence-corrected chi connectivity index (χ0v) is 10.7. The summed E-state index contributed by atoms with van der Waals surface area (Å²) in [6.07, 6.45) is 1.75. The van der Waals surface area contributed by atoms with Gasteiger partial charge in [0.25, 0.3) is 0 Å². The molecule has 0 bridgehead atoms. The van der Waals surface area contributed by atoms with Crippen molar-refractivity contribution in [1.29, 1.82) is 0 Å². The van der Waals surface area contributed by atoms with Crippen molar-refractivity contribution in [3.63, 3.8) is 0 Å². The smallest absolute Gasteiger partial charge is 0.123 e. The molecule has 2 rings (SSSR count). The summed E-state index contributed by atoms with van der Waals surface area (Å²) in [5.74, 6) is -0.201.